The first-order valence-corrected chi connectivity index (χ1v) is 4.43. The smallest absolute Gasteiger partial charge is 0.242 e. The van der Waals surface area contributed by atoms with Crippen molar-refractivity contribution in [2.75, 3.05) is 0 Å². The van der Waals surface area contributed by atoms with E-state index in [1.54, 1.807) is 18.2 Å². The van der Waals surface area contributed by atoms with E-state index in [1.165, 1.54) is 6.07 Å². The topological polar surface area (TPSA) is 41.6 Å². The Hall–Kier alpha value is -1.42. The van der Waals surface area contributed by atoms with E-state index >= 15 is 0 Å². The number of aromatic nitrogens is 3. The van der Waals surface area contributed by atoms with Crippen LogP contribution < -0.4 is 0 Å². The zero-order chi connectivity index (χ0) is 9.97. The van der Waals surface area contributed by atoms with Gasteiger partial charge in [0.25, 0.3) is 0 Å². The zero-order valence-corrected chi connectivity index (χ0v) is 7.92. The van der Waals surface area contributed by atoms with E-state index < -0.39 is 0 Å². The van der Waals surface area contributed by atoms with Crippen LogP contribution in [0.1, 0.15) is 11.4 Å². The number of nitrogens with zero attached hydrogens (tertiary/aromatic N) is 2. The minimum Gasteiger partial charge on any atom is -0.261 e. The van der Waals surface area contributed by atoms with Gasteiger partial charge in [-0.05, 0) is 23.2 Å². The maximum absolute atomic E-state index is 13.2. The van der Waals surface area contributed by atoms with E-state index in [-0.39, 0.29) is 11.1 Å². The van der Waals surface area contributed by atoms with Gasteiger partial charge in [-0.25, -0.2) is 9.37 Å². The average Bonchev–Trinajstić information content (AvgIpc) is 2.56. The summed E-state index contributed by atoms with van der Waals surface area (Å²) in [5.41, 5.74) is 0.570. The Bertz CT molecular complexity index is 441. The lowest BCUT2D eigenvalue weighted by molar-refractivity contribution is 0.612. The second kappa shape index (κ2) is 3.75. The van der Waals surface area contributed by atoms with Gasteiger partial charge in [-0.1, -0.05) is 18.2 Å². The third-order valence-electron chi connectivity index (χ3n) is 1.82. The van der Waals surface area contributed by atoms with Crippen molar-refractivity contribution in [1.82, 2.24) is 15.2 Å². The lowest BCUT2D eigenvalue weighted by Crippen LogP contribution is -1.94. The second-order valence-electron chi connectivity index (χ2n) is 2.82. The molecule has 0 radical (unpaired) electrons. The predicted octanol–water partition coefficient (Wildman–Crippen LogP) is 2.19. The molecule has 1 heterocycles. The first-order chi connectivity index (χ1) is 6.75. The van der Waals surface area contributed by atoms with Crippen molar-refractivity contribution in [3.8, 4) is 0 Å². The molecule has 0 amide bonds. The number of aromatic amines is 1. The Morgan fingerprint density at radius 1 is 1.36 bits per heavy atom. The van der Waals surface area contributed by atoms with Gasteiger partial charge >= 0.3 is 0 Å². The van der Waals surface area contributed by atoms with Crippen LogP contribution in [-0.2, 0) is 6.42 Å². The molecule has 0 unspecified atom stereocenters. The number of hydrogen-bond acceptors (Lipinski definition) is 2. The van der Waals surface area contributed by atoms with Gasteiger partial charge in [0, 0.05) is 6.42 Å². The molecule has 0 spiro atoms. The van der Waals surface area contributed by atoms with Crippen LogP contribution in [0.25, 0.3) is 0 Å². The number of benzene rings is 1. The van der Waals surface area contributed by atoms with Crippen molar-refractivity contribution in [3.63, 3.8) is 0 Å². The maximum atomic E-state index is 13.2. The molecule has 0 saturated heterocycles. The summed E-state index contributed by atoms with van der Waals surface area (Å²) in [6.07, 6.45) is 0.367. The average molecular weight is 212 g/mol. The quantitative estimate of drug-likeness (QED) is 0.828. The van der Waals surface area contributed by atoms with Crippen molar-refractivity contribution in [3.05, 3.63) is 46.8 Å². The molecular weight excluding hydrogens is 205 g/mol. The summed E-state index contributed by atoms with van der Waals surface area (Å²) in [7, 11) is 0. The third kappa shape index (κ3) is 1.90. The normalized spacial score (nSPS) is 10.4. The van der Waals surface area contributed by atoms with E-state index in [9.17, 15) is 4.39 Å². The highest BCUT2D eigenvalue weighted by atomic mass is 35.5. The molecule has 0 atom stereocenters. The molecule has 14 heavy (non-hydrogen) atoms. The minimum atomic E-state index is -0.250. The Balaban J connectivity index is 2.23. The molecule has 0 aliphatic heterocycles. The van der Waals surface area contributed by atoms with Crippen LogP contribution in [0.5, 0.6) is 0 Å². The van der Waals surface area contributed by atoms with Gasteiger partial charge in [0.1, 0.15) is 11.6 Å². The fraction of sp³-hybridized carbons (Fsp3) is 0.111. The summed E-state index contributed by atoms with van der Waals surface area (Å²) < 4.78 is 13.2. The van der Waals surface area contributed by atoms with E-state index in [2.05, 4.69) is 15.2 Å². The summed E-state index contributed by atoms with van der Waals surface area (Å²) in [6, 6.07) is 6.53. The molecule has 2 rings (SSSR count). The van der Waals surface area contributed by atoms with Gasteiger partial charge in [0.15, 0.2) is 0 Å². The van der Waals surface area contributed by atoms with Crippen LogP contribution in [0, 0.1) is 5.82 Å². The summed E-state index contributed by atoms with van der Waals surface area (Å²) in [5, 5.41) is 6.42. The van der Waals surface area contributed by atoms with Crippen molar-refractivity contribution >= 4 is 11.6 Å². The molecule has 0 aliphatic carbocycles. The molecule has 0 bridgehead atoms. The van der Waals surface area contributed by atoms with Crippen LogP contribution in [0.4, 0.5) is 4.39 Å². The SMILES string of the molecule is Fc1ccccc1Cc1nc(Cl)n[nH]1. The monoisotopic (exact) mass is 211 g/mol. The van der Waals surface area contributed by atoms with Gasteiger partial charge in [-0.3, -0.25) is 5.10 Å². The van der Waals surface area contributed by atoms with Gasteiger partial charge in [-0.2, -0.15) is 0 Å². The molecular formula is C9H7ClFN3. The molecule has 1 N–H and O–H groups in total. The number of nitrogens with one attached hydrogen (secondary N) is 1. The minimum absolute atomic E-state index is 0.149. The Morgan fingerprint density at radius 3 is 2.79 bits per heavy atom. The molecule has 1 aromatic carbocycles. The fourth-order valence-electron chi connectivity index (χ4n) is 1.17. The number of rotatable bonds is 2. The molecule has 0 aliphatic rings. The zero-order valence-electron chi connectivity index (χ0n) is 7.17. The Kier molecular flexibility index (Phi) is 2.45. The predicted molar refractivity (Wildman–Crippen MR) is 50.6 cm³/mol. The standard InChI is InChI=1S/C9H7ClFN3/c10-9-12-8(13-14-9)5-6-3-1-2-4-7(6)11/h1-4H,5H2,(H,12,13,14). The lowest BCUT2D eigenvalue weighted by atomic mass is 10.1. The first-order valence-electron chi connectivity index (χ1n) is 4.06. The summed E-state index contributed by atoms with van der Waals surface area (Å²) in [6.45, 7) is 0. The van der Waals surface area contributed by atoms with Crippen molar-refractivity contribution < 1.29 is 4.39 Å². The maximum Gasteiger partial charge on any atom is 0.242 e. The van der Waals surface area contributed by atoms with E-state index in [0.717, 1.165) is 0 Å². The van der Waals surface area contributed by atoms with Crippen molar-refractivity contribution in [2.24, 2.45) is 0 Å². The molecule has 3 nitrogen and oxygen atoms in total. The Labute approximate surface area is 84.9 Å². The van der Waals surface area contributed by atoms with Crippen LogP contribution >= 0.6 is 11.6 Å². The Morgan fingerprint density at radius 2 is 2.14 bits per heavy atom. The van der Waals surface area contributed by atoms with Crippen LogP contribution in [0.3, 0.4) is 0 Å². The van der Waals surface area contributed by atoms with Crippen LogP contribution in [0.15, 0.2) is 24.3 Å². The highest BCUT2D eigenvalue weighted by Gasteiger charge is 2.05. The molecule has 0 fully saturated rings. The fourth-order valence-corrected chi connectivity index (χ4v) is 1.32. The first kappa shape index (κ1) is 9.15. The van der Waals surface area contributed by atoms with E-state index in [4.69, 9.17) is 11.6 Å². The van der Waals surface area contributed by atoms with Gasteiger partial charge in [0.05, 0.1) is 0 Å². The number of halogens is 2. The van der Waals surface area contributed by atoms with Gasteiger partial charge in [0.2, 0.25) is 5.28 Å². The third-order valence-corrected chi connectivity index (χ3v) is 1.99. The highest BCUT2D eigenvalue weighted by Crippen LogP contribution is 2.11. The molecule has 5 heteroatoms. The second-order valence-corrected chi connectivity index (χ2v) is 3.16. The highest BCUT2D eigenvalue weighted by molar-refractivity contribution is 6.28. The number of hydrogen-bond donors (Lipinski definition) is 1. The van der Waals surface area contributed by atoms with Crippen molar-refractivity contribution in [2.45, 2.75) is 6.42 Å². The molecule has 0 saturated carbocycles. The molecule has 1 aromatic heterocycles. The van der Waals surface area contributed by atoms with Gasteiger partial charge < -0.3 is 0 Å². The number of H-pyrrole nitrogens is 1. The van der Waals surface area contributed by atoms with E-state index in [1.807, 2.05) is 0 Å². The summed E-state index contributed by atoms with van der Waals surface area (Å²) >= 11 is 5.52. The van der Waals surface area contributed by atoms with Crippen LogP contribution in [0.2, 0.25) is 5.28 Å². The van der Waals surface area contributed by atoms with Crippen molar-refractivity contribution in [1.29, 1.82) is 0 Å². The molecule has 2 aromatic rings. The largest absolute Gasteiger partial charge is 0.261 e. The summed E-state index contributed by atoms with van der Waals surface area (Å²) in [5.74, 6) is 0.306. The van der Waals surface area contributed by atoms with Crippen LogP contribution in [-0.4, -0.2) is 15.2 Å². The van der Waals surface area contributed by atoms with E-state index in [0.29, 0.717) is 17.8 Å². The van der Waals surface area contributed by atoms with Gasteiger partial charge in [-0.15, -0.1) is 5.10 Å². The lowest BCUT2D eigenvalue weighted by Gasteiger charge is -1.98. The molecule has 72 valence electrons. The summed E-state index contributed by atoms with van der Waals surface area (Å²) in [4.78, 5) is 3.88.